The predicted molar refractivity (Wildman–Crippen MR) is 137 cm³/mol. The number of aliphatic hydroxyl groups is 2. The molecule has 9 heteroatoms. The second-order valence-electron chi connectivity index (χ2n) is 10.1. The molecule has 0 aliphatic carbocycles. The average Bonchev–Trinajstić information content (AvgIpc) is 2.86. The second-order valence-corrected chi connectivity index (χ2v) is 10.1. The number of hydrogen-bond donors (Lipinski definition) is 4. The third-order valence-electron chi connectivity index (χ3n) is 7.09. The Morgan fingerprint density at radius 1 is 1.08 bits per heavy atom. The third kappa shape index (κ3) is 7.56. The highest BCUT2D eigenvalue weighted by Crippen LogP contribution is 2.34. The molecular weight excluding hydrogens is 480 g/mol. The van der Waals surface area contributed by atoms with Crippen LogP contribution in [-0.4, -0.2) is 65.3 Å². The molecule has 0 aromatic heterocycles. The molecule has 0 spiro atoms. The van der Waals surface area contributed by atoms with E-state index >= 15 is 0 Å². The molecule has 2 atom stereocenters. The predicted octanol–water partition coefficient (Wildman–Crippen LogP) is 2.60. The van der Waals surface area contributed by atoms with Gasteiger partial charge in [-0.15, -0.1) is 0 Å². The van der Waals surface area contributed by atoms with Crippen molar-refractivity contribution in [1.29, 1.82) is 0 Å². The summed E-state index contributed by atoms with van der Waals surface area (Å²) in [6, 6.07) is 10.6. The van der Waals surface area contributed by atoms with Gasteiger partial charge in [-0.05, 0) is 54.0 Å². The summed E-state index contributed by atoms with van der Waals surface area (Å²) >= 11 is 0. The van der Waals surface area contributed by atoms with Crippen LogP contribution in [0.1, 0.15) is 56.2 Å². The van der Waals surface area contributed by atoms with Gasteiger partial charge in [0.1, 0.15) is 18.2 Å². The molecular formula is C28H37F2N3O4. The van der Waals surface area contributed by atoms with E-state index in [0.717, 1.165) is 17.2 Å². The summed E-state index contributed by atoms with van der Waals surface area (Å²) in [6.07, 6.45) is 0.114. The van der Waals surface area contributed by atoms with E-state index < -0.39 is 35.9 Å². The van der Waals surface area contributed by atoms with Crippen LogP contribution in [0.4, 0.5) is 8.78 Å². The Morgan fingerprint density at radius 2 is 1.73 bits per heavy atom. The summed E-state index contributed by atoms with van der Waals surface area (Å²) in [7, 11) is 0. The quantitative estimate of drug-likeness (QED) is 0.388. The molecule has 37 heavy (non-hydrogen) atoms. The van der Waals surface area contributed by atoms with Crippen molar-refractivity contribution in [2.24, 2.45) is 0 Å². The van der Waals surface area contributed by atoms with Crippen molar-refractivity contribution in [2.75, 3.05) is 26.2 Å². The van der Waals surface area contributed by atoms with Gasteiger partial charge in [-0.3, -0.25) is 9.59 Å². The van der Waals surface area contributed by atoms with Gasteiger partial charge < -0.3 is 25.7 Å². The molecule has 0 unspecified atom stereocenters. The molecule has 1 aliphatic heterocycles. The molecule has 0 saturated carbocycles. The molecule has 0 radical (unpaired) electrons. The minimum absolute atomic E-state index is 0.0473. The van der Waals surface area contributed by atoms with Crippen LogP contribution in [-0.2, 0) is 21.5 Å². The van der Waals surface area contributed by atoms with Gasteiger partial charge in [-0.2, -0.15) is 0 Å². The number of halogens is 2. The zero-order valence-corrected chi connectivity index (χ0v) is 21.6. The first-order valence-corrected chi connectivity index (χ1v) is 12.7. The molecule has 202 valence electrons. The lowest BCUT2D eigenvalue weighted by Gasteiger charge is -2.44. The van der Waals surface area contributed by atoms with Gasteiger partial charge in [0.05, 0.1) is 12.1 Å². The highest BCUT2D eigenvalue weighted by Gasteiger charge is 2.38. The number of benzene rings is 2. The SMILES string of the molecule is CC(=O)N[C@@H](Cc1cc(F)cc(F)c1)[C@H](O)CNC1(c2cccc(C(C)C)c2)CCN(C(=O)CO)CC1. The number of piperidine rings is 1. The largest absolute Gasteiger partial charge is 0.390 e. The van der Waals surface area contributed by atoms with Crippen LogP contribution in [0.3, 0.4) is 0 Å². The first kappa shape index (κ1) is 28.7. The lowest BCUT2D eigenvalue weighted by atomic mass is 9.79. The van der Waals surface area contributed by atoms with Crippen LogP contribution in [0.25, 0.3) is 0 Å². The van der Waals surface area contributed by atoms with E-state index in [1.165, 1.54) is 19.1 Å². The number of hydrogen-bond acceptors (Lipinski definition) is 5. The molecule has 2 amide bonds. The topological polar surface area (TPSA) is 102 Å². The van der Waals surface area contributed by atoms with Crippen molar-refractivity contribution in [3.63, 3.8) is 0 Å². The summed E-state index contributed by atoms with van der Waals surface area (Å²) in [6.45, 7) is 5.98. The molecule has 1 fully saturated rings. The second kappa shape index (κ2) is 12.6. The van der Waals surface area contributed by atoms with Crippen LogP contribution in [0.5, 0.6) is 0 Å². The van der Waals surface area contributed by atoms with Crippen molar-refractivity contribution in [3.05, 3.63) is 70.8 Å². The standard InChI is InChI=1S/C28H37F2N3O4/c1-18(2)21-5-4-6-22(14-21)28(7-9-33(10-8-28)27(37)17-34)31-16-26(36)25(32-19(3)35)13-20-11-23(29)15-24(30)12-20/h4-6,11-12,14-15,18,25-26,31,34,36H,7-10,13,16-17H2,1-3H3,(H,32,35)/t25-,26+/m0/s1. The van der Waals surface area contributed by atoms with Crippen molar-refractivity contribution < 1.29 is 28.6 Å². The Labute approximate surface area is 216 Å². The van der Waals surface area contributed by atoms with Crippen LogP contribution in [0.15, 0.2) is 42.5 Å². The lowest BCUT2D eigenvalue weighted by Crippen LogP contribution is -2.56. The van der Waals surface area contributed by atoms with E-state index in [0.29, 0.717) is 37.4 Å². The first-order valence-electron chi connectivity index (χ1n) is 12.7. The minimum Gasteiger partial charge on any atom is -0.390 e. The van der Waals surface area contributed by atoms with E-state index in [4.69, 9.17) is 0 Å². The van der Waals surface area contributed by atoms with E-state index in [-0.39, 0.29) is 24.8 Å². The van der Waals surface area contributed by atoms with Gasteiger partial charge >= 0.3 is 0 Å². The fraction of sp³-hybridized carbons (Fsp3) is 0.500. The lowest BCUT2D eigenvalue weighted by molar-refractivity contribution is -0.136. The molecule has 0 bridgehead atoms. The molecule has 3 rings (SSSR count). The number of aliphatic hydroxyl groups excluding tert-OH is 2. The Kier molecular flexibility index (Phi) is 9.75. The Balaban J connectivity index is 1.83. The van der Waals surface area contributed by atoms with Gasteiger partial charge in [0.2, 0.25) is 11.8 Å². The van der Waals surface area contributed by atoms with E-state index in [9.17, 15) is 28.6 Å². The summed E-state index contributed by atoms with van der Waals surface area (Å²) in [5.74, 6) is -1.82. The van der Waals surface area contributed by atoms with Crippen LogP contribution in [0.2, 0.25) is 0 Å². The zero-order valence-electron chi connectivity index (χ0n) is 21.6. The minimum atomic E-state index is -1.06. The van der Waals surface area contributed by atoms with Crippen LogP contribution >= 0.6 is 0 Å². The number of carbonyl (C=O) groups excluding carboxylic acids is 2. The number of carbonyl (C=O) groups is 2. The number of likely N-dealkylation sites (tertiary alicyclic amines) is 1. The van der Waals surface area contributed by atoms with Gasteiger partial charge in [0, 0.05) is 38.2 Å². The molecule has 2 aromatic rings. The average molecular weight is 518 g/mol. The normalized spacial score (nSPS) is 16.9. The van der Waals surface area contributed by atoms with E-state index in [2.05, 4.69) is 36.6 Å². The van der Waals surface area contributed by atoms with E-state index in [1.54, 1.807) is 4.90 Å². The maximum atomic E-state index is 13.7. The highest BCUT2D eigenvalue weighted by molar-refractivity contribution is 5.77. The maximum Gasteiger partial charge on any atom is 0.248 e. The Hall–Kier alpha value is -2.88. The number of rotatable bonds is 10. The monoisotopic (exact) mass is 517 g/mol. The Bertz CT molecular complexity index is 1070. The summed E-state index contributed by atoms with van der Waals surface area (Å²) in [5, 5.41) is 26.6. The van der Waals surface area contributed by atoms with Gasteiger partial charge in [0.15, 0.2) is 0 Å². The first-order chi connectivity index (χ1) is 17.5. The summed E-state index contributed by atoms with van der Waals surface area (Å²) in [4.78, 5) is 25.5. The molecule has 4 N–H and O–H groups in total. The van der Waals surface area contributed by atoms with Gasteiger partial charge in [-0.1, -0.05) is 38.1 Å². The van der Waals surface area contributed by atoms with Crippen molar-refractivity contribution in [1.82, 2.24) is 15.5 Å². The smallest absolute Gasteiger partial charge is 0.248 e. The van der Waals surface area contributed by atoms with Gasteiger partial charge in [0.25, 0.3) is 0 Å². The zero-order chi connectivity index (χ0) is 27.2. The summed E-state index contributed by atoms with van der Waals surface area (Å²) < 4.78 is 27.5. The fourth-order valence-electron chi connectivity index (χ4n) is 4.97. The maximum absolute atomic E-state index is 13.7. The molecule has 1 saturated heterocycles. The summed E-state index contributed by atoms with van der Waals surface area (Å²) in [5.41, 5.74) is 1.97. The Morgan fingerprint density at radius 3 is 2.30 bits per heavy atom. The van der Waals surface area contributed by atoms with Gasteiger partial charge in [-0.25, -0.2) is 8.78 Å². The molecule has 1 heterocycles. The highest BCUT2D eigenvalue weighted by atomic mass is 19.1. The van der Waals surface area contributed by atoms with Crippen LogP contribution in [0, 0.1) is 11.6 Å². The molecule has 1 aliphatic rings. The number of nitrogens with zero attached hydrogens (tertiary/aromatic N) is 1. The van der Waals surface area contributed by atoms with Crippen LogP contribution < -0.4 is 10.6 Å². The molecule has 2 aromatic carbocycles. The van der Waals surface area contributed by atoms with E-state index in [1.807, 2.05) is 12.1 Å². The van der Waals surface area contributed by atoms with Crippen molar-refractivity contribution in [2.45, 2.75) is 63.6 Å². The number of nitrogens with one attached hydrogen (secondary N) is 2. The van der Waals surface area contributed by atoms with Crippen molar-refractivity contribution >= 4 is 11.8 Å². The number of amides is 2. The molecule has 7 nitrogen and oxygen atoms in total. The fourth-order valence-corrected chi connectivity index (χ4v) is 4.97. The third-order valence-corrected chi connectivity index (χ3v) is 7.09. The van der Waals surface area contributed by atoms with Crippen molar-refractivity contribution in [3.8, 4) is 0 Å².